The van der Waals surface area contributed by atoms with Gasteiger partial charge in [0, 0.05) is 23.5 Å². The van der Waals surface area contributed by atoms with Crippen LogP contribution in [-0.4, -0.2) is 11.2 Å². The monoisotopic (exact) mass is 243 g/mol. The largest absolute Gasteiger partial charge is 0.303 e. The van der Waals surface area contributed by atoms with Crippen molar-refractivity contribution in [3.05, 3.63) is 52.1 Å². The molecular formula is C14H13NO3. The van der Waals surface area contributed by atoms with Gasteiger partial charge in [0.15, 0.2) is 0 Å². The molecular weight excluding hydrogens is 230 g/mol. The molecule has 18 heavy (non-hydrogen) atoms. The van der Waals surface area contributed by atoms with Crippen molar-refractivity contribution in [1.29, 1.82) is 0 Å². The third kappa shape index (κ3) is 1.49. The molecule has 0 saturated heterocycles. The quantitative estimate of drug-likeness (QED) is 0.355. The maximum absolute atomic E-state index is 11.3. The van der Waals surface area contributed by atoms with Crippen molar-refractivity contribution in [3.63, 3.8) is 0 Å². The van der Waals surface area contributed by atoms with Crippen molar-refractivity contribution in [2.24, 2.45) is 17.8 Å². The number of fused-ring (bicyclic) bond motifs is 2. The van der Waals surface area contributed by atoms with Gasteiger partial charge < -0.3 is 4.79 Å². The SMILES string of the molecule is O=C[C@H]1[C@H](c2ccccc2[N+](=O)[O-])[C@H]2C=C[C@@H]1C2. The van der Waals surface area contributed by atoms with Gasteiger partial charge in [0.1, 0.15) is 6.29 Å². The van der Waals surface area contributed by atoms with Crippen molar-refractivity contribution in [1.82, 2.24) is 0 Å². The molecule has 4 atom stereocenters. The predicted molar refractivity (Wildman–Crippen MR) is 66.1 cm³/mol. The third-order valence-corrected chi connectivity index (χ3v) is 4.17. The van der Waals surface area contributed by atoms with Crippen LogP contribution in [0.25, 0.3) is 0 Å². The van der Waals surface area contributed by atoms with Crippen molar-refractivity contribution >= 4 is 12.0 Å². The molecule has 0 spiro atoms. The van der Waals surface area contributed by atoms with E-state index < -0.39 is 0 Å². The Labute approximate surface area is 104 Å². The van der Waals surface area contributed by atoms with E-state index in [1.165, 1.54) is 6.07 Å². The number of hydrogen-bond acceptors (Lipinski definition) is 3. The molecule has 0 amide bonds. The Morgan fingerprint density at radius 2 is 1.94 bits per heavy atom. The summed E-state index contributed by atoms with van der Waals surface area (Å²) >= 11 is 0. The molecule has 4 heteroatoms. The van der Waals surface area contributed by atoms with Crippen LogP contribution in [0.1, 0.15) is 17.9 Å². The van der Waals surface area contributed by atoms with E-state index in [1.54, 1.807) is 18.2 Å². The van der Waals surface area contributed by atoms with Crippen LogP contribution in [-0.2, 0) is 4.79 Å². The van der Waals surface area contributed by atoms with Crippen LogP contribution in [0, 0.1) is 27.9 Å². The molecule has 1 aromatic carbocycles. The molecule has 0 aliphatic heterocycles. The van der Waals surface area contributed by atoms with E-state index in [-0.39, 0.29) is 34.3 Å². The van der Waals surface area contributed by atoms with Crippen LogP contribution in [0.4, 0.5) is 5.69 Å². The standard InChI is InChI=1S/C14H13NO3/c16-8-12-9-5-6-10(7-9)14(12)11-3-1-2-4-13(11)15(17)18/h1-6,8-10,12,14H,7H2/t9-,10+,12-,14+/m1/s1. The van der Waals surface area contributed by atoms with Crippen LogP contribution in [0.3, 0.4) is 0 Å². The first kappa shape index (κ1) is 11.1. The summed E-state index contributed by atoms with van der Waals surface area (Å²) in [6.45, 7) is 0. The molecule has 0 N–H and O–H groups in total. The molecule has 1 saturated carbocycles. The van der Waals surface area contributed by atoms with Gasteiger partial charge in [-0.25, -0.2) is 0 Å². The highest BCUT2D eigenvalue weighted by molar-refractivity contribution is 5.61. The van der Waals surface area contributed by atoms with Crippen molar-refractivity contribution in [2.45, 2.75) is 12.3 Å². The maximum atomic E-state index is 11.3. The molecule has 3 rings (SSSR count). The van der Waals surface area contributed by atoms with Gasteiger partial charge in [0.05, 0.1) is 4.92 Å². The van der Waals surface area contributed by atoms with Gasteiger partial charge in [0.2, 0.25) is 0 Å². The van der Waals surface area contributed by atoms with Gasteiger partial charge in [0.25, 0.3) is 5.69 Å². The number of carbonyl (C=O) groups excluding carboxylic acids is 1. The summed E-state index contributed by atoms with van der Waals surface area (Å²) in [7, 11) is 0. The first-order valence-electron chi connectivity index (χ1n) is 6.09. The molecule has 2 aliphatic carbocycles. The van der Waals surface area contributed by atoms with Crippen LogP contribution in [0.5, 0.6) is 0 Å². The molecule has 0 aromatic heterocycles. The lowest BCUT2D eigenvalue weighted by molar-refractivity contribution is -0.385. The highest BCUT2D eigenvalue weighted by Gasteiger charge is 2.46. The van der Waals surface area contributed by atoms with Crippen molar-refractivity contribution in [3.8, 4) is 0 Å². The Kier molecular flexibility index (Phi) is 2.51. The summed E-state index contributed by atoms with van der Waals surface area (Å²) in [6.07, 6.45) is 6.09. The highest BCUT2D eigenvalue weighted by Crippen LogP contribution is 2.53. The van der Waals surface area contributed by atoms with Gasteiger partial charge in [-0.1, -0.05) is 30.4 Å². The van der Waals surface area contributed by atoms with Gasteiger partial charge >= 0.3 is 0 Å². The number of nitro groups is 1. The number of hydrogen-bond donors (Lipinski definition) is 0. The molecule has 2 aliphatic rings. The van der Waals surface area contributed by atoms with E-state index in [9.17, 15) is 14.9 Å². The fourth-order valence-corrected chi connectivity index (χ4v) is 3.42. The van der Waals surface area contributed by atoms with Crippen LogP contribution < -0.4 is 0 Å². The molecule has 0 unspecified atom stereocenters. The fourth-order valence-electron chi connectivity index (χ4n) is 3.42. The average Bonchev–Trinajstić information content (AvgIpc) is 2.98. The number of allylic oxidation sites excluding steroid dienone is 2. The Hall–Kier alpha value is -1.97. The number of benzene rings is 1. The van der Waals surface area contributed by atoms with Gasteiger partial charge in [-0.15, -0.1) is 0 Å². The van der Waals surface area contributed by atoms with E-state index in [4.69, 9.17) is 0 Å². The minimum atomic E-state index is -0.354. The van der Waals surface area contributed by atoms with Gasteiger partial charge in [-0.2, -0.15) is 0 Å². The van der Waals surface area contributed by atoms with E-state index in [1.807, 2.05) is 0 Å². The molecule has 1 fully saturated rings. The highest BCUT2D eigenvalue weighted by atomic mass is 16.6. The van der Waals surface area contributed by atoms with Gasteiger partial charge in [-0.05, 0) is 18.3 Å². The van der Waals surface area contributed by atoms with Crippen LogP contribution in [0.15, 0.2) is 36.4 Å². The van der Waals surface area contributed by atoms with E-state index in [2.05, 4.69) is 12.2 Å². The average molecular weight is 243 g/mol. The first-order valence-corrected chi connectivity index (χ1v) is 6.09. The lowest BCUT2D eigenvalue weighted by atomic mass is 9.79. The third-order valence-electron chi connectivity index (χ3n) is 4.17. The second-order valence-electron chi connectivity index (χ2n) is 5.00. The Morgan fingerprint density at radius 1 is 1.22 bits per heavy atom. The summed E-state index contributed by atoms with van der Waals surface area (Å²) in [4.78, 5) is 22.0. The predicted octanol–water partition coefficient (Wildman–Crippen LogP) is 2.70. The number of carbonyl (C=O) groups is 1. The van der Waals surface area contributed by atoms with E-state index in [0.717, 1.165) is 12.7 Å². The second kappa shape index (κ2) is 4.05. The van der Waals surface area contributed by atoms with E-state index >= 15 is 0 Å². The Morgan fingerprint density at radius 3 is 2.67 bits per heavy atom. The topological polar surface area (TPSA) is 60.2 Å². The smallest absolute Gasteiger partial charge is 0.272 e. The van der Waals surface area contributed by atoms with Crippen LogP contribution >= 0.6 is 0 Å². The number of rotatable bonds is 3. The Bertz CT molecular complexity index is 538. The summed E-state index contributed by atoms with van der Waals surface area (Å²) in [6, 6.07) is 6.78. The molecule has 2 bridgehead atoms. The normalized spacial score (nSPS) is 32.7. The van der Waals surface area contributed by atoms with Crippen molar-refractivity contribution < 1.29 is 9.72 Å². The molecule has 0 heterocycles. The fraction of sp³-hybridized carbons (Fsp3) is 0.357. The summed E-state index contributed by atoms with van der Waals surface area (Å²) in [5.74, 6) is 0.392. The number of nitro benzene ring substituents is 1. The minimum absolute atomic E-state index is 0.0286. The Balaban J connectivity index is 2.07. The maximum Gasteiger partial charge on any atom is 0.272 e. The summed E-state index contributed by atoms with van der Waals surface area (Å²) in [5.41, 5.74) is 0.840. The lowest BCUT2D eigenvalue weighted by Gasteiger charge is -2.23. The summed E-state index contributed by atoms with van der Waals surface area (Å²) in [5, 5.41) is 11.1. The number of para-hydroxylation sites is 1. The number of nitrogens with zero attached hydrogens (tertiary/aromatic N) is 1. The zero-order valence-corrected chi connectivity index (χ0v) is 9.73. The van der Waals surface area contributed by atoms with Crippen LogP contribution in [0.2, 0.25) is 0 Å². The zero-order valence-electron chi connectivity index (χ0n) is 9.73. The van der Waals surface area contributed by atoms with Crippen molar-refractivity contribution in [2.75, 3.05) is 0 Å². The minimum Gasteiger partial charge on any atom is -0.303 e. The molecule has 92 valence electrons. The lowest BCUT2D eigenvalue weighted by Crippen LogP contribution is -2.19. The number of aldehydes is 1. The first-order chi connectivity index (χ1) is 8.72. The van der Waals surface area contributed by atoms with Gasteiger partial charge in [-0.3, -0.25) is 10.1 Å². The van der Waals surface area contributed by atoms with E-state index in [0.29, 0.717) is 5.56 Å². The second-order valence-corrected chi connectivity index (χ2v) is 5.00. The molecule has 1 aromatic rings. The zero-order chi connectivity index (χ0) is 12.7. The molecule has 4 nitrogen and oxygen atoms in total. The summed E-state index contributed by atoms with van der Waals surface area (Å²) < 4.78 is 0. The molecule has 0 radical (unpaired) electrons.